The van der Waals surface area contributed by atoms with Gasteiger partial charge in [0.15, 0.2) is 6.10 Å². The van der Waals surface area contributed by atoms with Gasteiger partial charge in [0.25, 0.3) is 11.9 Å². The number of imide groups is 1. The van der Waals surface area contributed by atoms with Gasteiger partial charge in [-0.15, -0.1) is 0 Å². The lowest BCUT2D eigenvalue weighted by Gasteiger charge is -2.23. The van der Waals surface area contributed by atoms with Gasteiger partial charge < -0.3 is 19.5 Å². The molecule has 0 saturated carbocycles. The number of ether oxygens (including phenoxy) is 3. The van der Waals surface area contributed by atoms with Crippen LogP contribution in [0.1, 0.15) is 12.8 Å². The van der Waals surface area contributed by atoms with E-state index in [-0.39, 0.29) is 18.4 Å². The van der Waals surface area contributed by atoms with E-state index in [1.165, 1.54) is 0 Å². The Bertz CT molecular complexity index is 859. The van der Waals surface area contributed by atoms with E-state index in [0.717, 1.165) is 18.6 Å². The van der Waals surface area contributed by atoms with Crippen LogP contribution in [-0.4, -0.2) is 59.9 Å². The van der Waals surface area contributed by atoms with Crippen LogP contribution in [0.3, 0.4) is 0 Å². The van der Waals surface area contributed by atoms with E-state index in [2.05, 4.69) is 15.6 Å². The lowest BCUT2D eigenvalue weighted by atomic mass is 10.1. The first-order valence-electron chi connectivity index (χ1n) is 9.02. The summed E-state index contributed by atoms with van der Waals surface area (Å²) in [5.74, 6) is -0.0357. The van der Waals surface area contributed by atoms with E-state index < -0.39 is 12.0 Å². The number of morpholine rings is 1. The summed E-state index contributed by atoms with van der Waals surface area (Å²) in [6, 6.07) is 5.90. The molecule has 2 unspecified atom stereocenters. The van der Waals surface area contributed by atoms with Crippen molar-refractivity contribution in [2.24, 2.45) is 7.05 Å². The standard InChI is InChI=1S/C18H22N4O5/c1-22-16-12(20-18(22)27-14-5-6-15(23)21-17(14)24)3-2-4-13(16)26-10-11-9-19-7-8-25-11/h2-4,11,14,19H,5-10H2,1H3,(H,21,23,24). The van der Waals surface area contributed by atoms with E-state index in [9.17, 15) is 9.59 Å². The lowest BCUT2D eigenvalue weighted by molar-refractivity contribution is -0.139. The smallest absolute Gasteiger partial charge is 0.297 e. The number of para-hydroxylation sites is 1. The molecule has 2 saturated heterocycles. The maximum atomic E-state index is 11.9. The second kappa shape index (κ2) is 7.53. The van der Waals surface area contributed by atoms with Gasteiger partial charge in [-0.3, -0.25) is 19.5 Å². The van der Waals surface area contributed by atoms with Gasteiger partial charge in [0.2, 0.25) is 5.91 Å². The SMILES string of the molecule is Cn1c(OC2CCC(=O)NC2=O)nc2cccc(OCC3CNCCO3)c21. The number of piperidine rings is 1. The summed E-state index contributed by atoms with van der Waals surface area (Å²) in [6.45, 7) is 2.72. The molecular weight excluding hydrogens is 352 g/mol. The highest BCUT2D eigenvalue weighted by atomic mass is 16.5. The Morgan fingerprint density at radius 2 is 2.26 bits per heavy atom. The van der Waals surface area contributed by atoms with Crippen molar-refractivity contribution in [1.82, 2.24) is 20.2 Å². The Balaban J connectivity index is 1.52. The maximum Gasteiger partial charge on any atom is 0.297 e. The van der Waals surface area contributed by atoms with Crippen molar-refractivity contribution >= 4 is 22.8 Å². The van der Waals surface area contributed by atoms with Gasteiger partial charge in [0.1, 0.15) is 24.0 Å². The van der Waals surface area contributed by atoms with Crippen molar-refractivity contribution in [2.45, 2.75) is 25.0 Å². The molecule has 144 valence electrons. The van der Waals surface area contributed by atoms with Crippen molar-refractivity contribution in [3.63, 3.8) is 0 Å². The van der Waals surface area contributed by atoms with E-state index in [0.29, 0.717) is 36.9 Å². The molecule has 1 aromatic carbocycles. The van der Waals surface area contributed by atoms with Crippen LogP contribution in [0.25, 0.3) is 11.0 Å². The monoisotopic (exact) mass is 374 g/mol. The quantitative estimate of drug-likeness (QED) is 0.717. The molecule has 0 aliphatic carbocycles. The number of nitrogens with one attached hydrogen (secondary N) is 2. The first-order valence-corrected chi connectivity index (χ1v) is 9.02. The van der Waals surface area contributed by atoms with Gasteiger partial charge in [-0.05, 0) is 12.1 Å². The van der Waals surface area contributed by atoms with Crippen molar-refractivity contribution in [1.29, 1.82) is 0 Å². The normalized spacial score (nSPS) is 23.3. The molecule has 9 heteroatoms. The minimum absolute atomic E-state index is 0.00132. The fourth-order valence-electron chi connectivity index (χ4n) is 3.26. The lowest BCUT2D eigenvalue weighted by Crippen LogP contribution is -2.46. The minimum Gasteiger partial charge on any atom is -0.489 e. The molecule has 1 aromatic heterocycles. The number of carbonyl (C=O) groups is 2. The van der Waals surface area contributed by atoms with Gasteiger partial charge in [0, 0.05) is 33.0 Å². The number of amides is 2. The van der Waals surface area contributed by atoms with Crippen molar-refractivity contribution in [2.75, 3.05) is 26.3 Å². The highest BCUT2D eigenvalue weighted by Gasteiger charge is 2.30. The second-order valence-corrected chi connectivity index (χ2v) is 6.64. The number of fused-ring (bicyclic) bond motifs is 1. The first kappa shape index (κ1) is 17.7. The van der Waals surface area contributed by atoms with Crippen LogP contribution in [0.4, 0.5) is 0 Å². The number of hydrogen-bond donors (Lipinski definition) is 2. The molecule has 3 heterocycles. The topological polar surface area (TPSA) is 104 Å². The van der Waals surface area contributed by atoms with Gasteiger partial charge in [0.05, 0.1) is 12.1 Å². The molecule has 9 nitrogen and oxygen atoms in total. The Morgan fingerprint density at radius 1 is 1.37 bits per heavy atom. The number of aromatic nitrogens is 2. The van der Waals surface area contributed by atoms with Crippen LogP contribution < -0.4 is 20.1 Å². The number of imidazole rings is 1. The number of aryl methyl sites for hydroxylation is 1. The van der Waals surface area contributed by atoms with Gasteiger partial charge >= 0.3 is 0 Å². The summed E-state index contributed by atoms with van der Waals surface area (Å²) in [7, 11) is 1.81. The molecule has 0 radical (unpaired) electrons. The number of carbonyl (C=O) groups excluding carboxylic acids is 2. The molecule has 2 aromatic rings. The average Bonchev–Trinajstić information content (AvgIpc) is 2.99. The van der Waals surface area contributed by atoms with Crippen molar-refractivity contribution in [3.8, 4) is 11.8 Å². The third kappa shape index (κ3) is 3.74. The van der Waals surface area contributed by atoms with E-state index in [1.807, 2.05) is 25.2 Å². The van der Waals surface area contributed by atoms with Crippen LogP contribution in [-0.2, 0) is 21.4 Å². The minimum atomic E-state index is -0.732. The van der Waals surface area contributed by atoms with E-state index in [4.69, 9.17) is 14.2 Å². The van der Waals surface area contributed by atoms with Crippen LogP contribution in [0.2, 0.25) is 0 Å². The summed E-state index contributed by atoms with van der Waals surface area (Å²) in [5, 5.41) is 5.56. The third-order valence-electron chi connectivity index (χ3n) is 4.68. The molecule has 0 bridgehead atoms. The zero-order valence-electron chi connectivity index (χ0n) is 15.1. The van der Waals surface area contributed by atoms with Crippen molar-refractivity contribution < 1.29 is 23.8 Å². The van der Waals surface area contributed by atoms with Gasteiger partial charge in [-0.2, -0.15) is 4.98 Å². The summed E-state index contributed by atoms with van der Waals surface area (Å²) in [5.41, 5.74) is 1.49. The highest BCUT2D eigenvalue weighted by Crippen LogP contribution is 2.30. The summed E-state index contributed by atoms with van der Waals surface area (Å²) >= 11 is 0. The van der Waals surface area contributed by atoms with E-state index in [1.54, 1.807) is 4.57 Å². The van der Waals surface area contributed by atoms with Crippen LogP contribution in [0.15, 0.2) is 18.2 Å². The Hall–Kier alpha value is -2.65. The number of rotatable bonds is 5. The number of benzene rings is 1. The summed E-state index contributed by atoms with van der Waals surface area (Å²) in [6.07, 6.45) is -0.140. The molecule has 4 rings (SSSR count). The Kier molecular flexibility index (Phi) is 4.95. The first-order chi connectivity index (χ1) is 13.1. The fraction of sp³-hybridized carbons (Fsp3) is 0.500. The number of nitrogens with zero attached hydrogens (tertiary/aromatic N) is 2. The summed E-state index contributed by atoms with van der Waals surface area (Å²) < 4.78 is 19.2. The molecule has 0 spiro atoms. The van der Waals surface area contributed by atoms with Gasteiger partial charge in [-0.1, -0.05) is 6.07 Å². The Morgan fingerprint density at radius 3 is 3.04 bits per heavy atom. The second-order valence-electron chi connectivity index (χ2n) is 6.64. The zero-order valence-corrected chi connectivity index (χ0v) is 15.1. The molecular formula is C18H22N4O5. The third-order valence-corrected chi connectivity index (χ3v) is 4.68. The maximum absolute atomic E-state index is 11.9. The molecule has 2 fully saturated rings. The zero-order chi connectivity index (χ0) is 18.8. The molecule has 27 heavy (non-hydrogen) atoms. The van der Waals surface area contributed by atoms with Gasteiger partial charge in [-0.25, -0.2) is 0 Å². The predicted octanol–water partition coefficient (Wildman–Crippen LogP) is 0.125. The molecule has 2 aliphatic heterocycles. The van der Waals surface area contributed by atoms with Crippen LogP contribution >= 0.6 is 0 Å². The summed E-state index contributed by atoms with van der Waals surface area (Å²) in [4.78, 5) is 27.7. The van der Waals surface area contributed by atoms with Crippen LogP contribution in [0, 0.1) is 0 Å². The highest BCUT2D eigenvalue weighted by molar-refractivity contribution is 5.99. The van der Waals surface area contributed by atoms with Crippen LogP contribution in [0.5, 0.6) is 11.8 Å². The van der Waals surface area contributed by atoms with E-state index >= 15 is 0 Å². The molecule has 2 amide bonds. The van der Waals surface area contributed by atoms with Crippen molar-refractivity contribution in [3.05, 3.63) is 18.2 Å². The number of hydrogen-bond acceptors (Lipinski definition) is 7. The average molecular weight is 374 g/mol. The fourth-order valence-corrected chi connectivity index (χ4v) is 3.26. The largest absolute Gasteiger partial charge is 0.489 e. The molecule has 2 aliphatic rings. The Labute approximate surface area is 156 Å². The molecule has 2 atom stereocenters. The predicted molar refractivity (Wildman–Crippen MR) is 95.6 cm³/mol. The molecule has 2 N–H and O–H groups in total.